The van der Waals surface area contributed by atoms with Gasteiger partial charge in [-0.2, -0.15) is 0 Å². The van der Waals surface area contributed by atoms with Gasteiger partial charge in [-0.3, -0.25) is 4.79 Å². The SMILES string of the molecule is O=C(CC12CC3CC(CC(C3)C1)C2)Nc1cc(-c2nc3ccccc3s2)ccc1Cl. The van der Waals surface area contributed by atoms with Crippen molar-refractivity contribution < 1.29 is 4.79 Å². The van der Waals surface area contributed by atoms with Crippen LogP contribution in [0.25, 0.3) is 20.8 Å². The zero-order chi connectivity index (χ0) is 20.3. The van der Waals surface area contributed by atoms with E-state index in [0.717, 1.165) is 38.5 Å². The predicted octanol–water partition coefficient (Wildman–Crippen LogP) is 7.16. The molecule has 0 aliphatic heterocycles. The summed E-state index contributed by atoms with van der Waals surface area (Å²) in [5.41, 5.74) is 2.92. The molecule has 7 rings (SSSR count). The second-order valence-electron chi connectivity index (χ2n) is 9.82. The third kappa shape index (κ3) is 3.34. The maximum atomic E-state index is 13.1. The molecule has 1 N–H and O–H groups in total. The molecule has 4 fully saturated rings. The number of anilines is 1. The lowest BCUT2D eigenvalue weighted by Crippen LogP contribution is -2.47. The minimum Gasteiger partial charge on any atom is -0.325 e. The number of nitrogens with zero attached hydrogens (tertiary/aromatic N) is 1. The Balaban J connectivity index is 1.22. The lowest BCUT2D eigenvalue weighted by atomic mass is 9.49. The van der Waals surface area contributed by atoms with Crippen molar-refractivity contribution in [1.82, 2.24) is 4.98 Å². The Bertz CT molecular complexity index is 1070. The van der Waals surface area contributed by atoms with Gasteiger partial charge in [0, 0.05) is 12.0 Å². The highest BCUT2D eigenvalue weighted by atomic mass is 35.5. The Labute approximate surface area is 185 Å². The number of aromatic nitrogens is 1. The first-order valence-electron chi connectivity index (χ1n) is 11.0. The molecule has 4 aliphatic rings. The van der Waals surface area contributed by atoms with Crippen molar-refractivity contribution in [3.8, 4) is 10.6 Å². The molecule has 1 amide bonds. The summed E-state index contributed by atoms with van der Waals surface area (Å²) in [5, 5.41) is 4.67. The summed E-state index contributed by atoms with van der Waals surface area (Å²) < 4.78 is 1.16. The first-order chi connectivity index (χ1) is 14.6. The topological polar surface area (TPSA) is 42.0 Å². The monoisotopic (exact) mass is 436 g/mol. The molecular weight excluding hydrogens is 412 g/mol. The molecule has 2 aromatic carbocycles. The van der Waals surface area contributed by atoms with Crippen LogP contribution < -0.4 is 5.32 Å². The molecule has 30 heavy (non-hydrogen) atoms. The van der Waals surface area contributed by atoms with Crippen molar-refractivity contribution in [1.29, 1.82) is 0 Å². The van der Waals surface area contributed by atoms with Crippen molar-refractivity contribution in [3.63, 3.8) is 0 Å². The van der Waals surface area contributed by atoms with E-state index in [1.807, 2.05) is 36.4 Å². The summed E-state index contributed by atoms with van der Waals surface area (Å²) in [6, 6.07) is 14.0. The van der Waals surface area contributed by atoms with Gasteiger partial charge >= 0.3 is 0 Å². The molecule has 4 bridgehead atoms. The Morgan fingerprint density at radius 1 is 1.07 bits per heavy atom. The zero-order valence-electron chi connectivity index (χ0n) is 16.9. The minimum absolute atomic E-state index is 0.111. The van der Waals surface area contributed by atoms with Gasteiger partial charge in [0.15, 0.2) is 0 Å². The quantitative estimate of drug-likeness (QED) is 0.471. The molecule has 4 saturated carbocycles. The second-order valence-corrected chi connectivity index (χ2v) is 11.3. The van der Waals surface area contributed by atoms with Crippen molar-refractivity contribution in [2.24, 2.45) is 23.2 Å². The number of nitrogens with one attached hydrogen (secondary N) is 1. The van der Waals surface area contributed by atoms with Crippen LogP contribution in [0.5, 0.6) is 0 Å². The van der Waals surface area contributed by atoms with Crippen LogP contribution in [0.4, 0.5) is 5.69 Å². The minimum atomic E-state index is 0.111. The van der Waals surface area contributed by atoms with Gasteiger partial charge in [-0.05, 0) is 86.0 Å². The van der Waals surface area contributed by atoms with E-state index in [1.54, 1.807) is 11.3 Å². The van der Waals surface area contributed by atoms with Gasteiger partial charge in [0.2, 0.25) is 5.91 Å². The second kappa shape index (κ2) is 7.06. The maximum Gasteiger partial charge on any atom is 0.224 e. The van der Waals surface area contributed by atoms with Crippen LogP contribution >= 0.6 is 22.9 Å². The average Bonchev–Trinajstić information content (AvgIpc) is 3.12. The van der Waals surface area contributed by atoms with Gasteiger partial charge < -0.3 is 5.32 Å². The first-order valence-corrected chi connectivity index (χ1v) is 12.2. The largest absolute Gasteiger partial charge is 0.325 e. The van der Waals surface area contributed by atoms with Crippen LogP contribution in [0.1, 0.15) is 44.9 Å². The van der Waals surface area contributed by atoms with Crippen LogP contribution in [0.2, 0.25) is 5.02 Å². The number of hydrogen-bond donors (Lipinski definition) is 1. The van der Waals surface area contributed by atoms with Crippen LogP contribution in [0.15, 0.2) is 42.5 Å². The number of rotatable bonds is 4. The smallest absolute Gasteiger partial charge is 0.224 e. The van der Waals surface area contributed by atoms with E-state index in [-0.39, 0.29) is 11.3 Å². The fraction of sp³-hybridized carbons (Fsp3) is 0.440. The summed E-state index contributed by atoms with van der Waals surface area (Å²) in [6.45, 7) is 0. The molecule has 0 spiro atoms. The molecule has 1 aromatic heterocycles. The van der Waals surface area contributed by atoms with Crippen LogP contribution in [-0.2, 0) is 4.79 Å². The number of halogens is 1. The fourth-order valence-electron chi connectivity index (χ4n) is 6.79. The van der Waals surface area contributed by atoms with E-state index in [2.05, 4.69) is 11.4 Å². The van der Waals surface area contributed by atoms with E-state index in [4.69, 9.17) is 16.6 Å². The van der Waals surface area contributed by atoms with Crippen LogP contribution in [0, 0.1) is 23.2 Å². The highest BCUT2D eigenvalue weighted by Crippen LogP contribution is 2.61. The molecule has 5 heteroatoms. The predicted molar refractivity (Wildman–Crippen MR) is 124 cm³/mol. The molecule has 0 unspecified atom stereocenters. The van der Waals surface area contributed by atoms with E-state index < -0.39 is 0 Å². The van der Waals surface area contributed by atoms with E-state index >= 15 is 0 Å². The number of para-hydroxylation sites is 1. The molecule has 4 aliphatic carbocycles. The van der Waals surface area contributed by atoms with Crippen molar-refractivity contribution in [2.75, 3.05) is 5.32 Å². The molecule has 3 aromatic rings. The van der Waals surface area contributed by atoms with E-state index in [1.165, 1.54) is 38.5 Å². The molecular formula is C25H25ClN2OS. The summed E-state index contributed by atoms with van der Waals surface area (Å²) in [7, 11) is 0. The number of benzene rings is 2. The number of carbonyl (C=O) groups is 1. The fourth-order valence-corrected chi connectivity index (χ4v) is 7.92. The van der Waals surface area contributed by atoms with Gasteiger partial charge in [0.05, 0.1) is 20.9 Å². The van der Waals surface area contributed by atoms with Gasteiger partial charge in [0.1, 0.15) is 5.01 Å². The molecule has 0 radical (unpaired) electrons. The number of fused-ring (bicyclic) bond motifs is 1. The Morgan fingerprint density at radius 3 is 2.47 bits per heavy atom. The van der Waals surface area contributed by atoms with Crippen LogP contribution in [-0.4, -0.2) is 10.9 Å². The summed E-state index contributed by atoms with van der Waals surface area (Å²) >= 11 is 8.11. The Hall–Kier alpha value is -1.91. The lowest BCUT2D eigenvalue weighted by molar-refractivity contribution is -0.124. The van der Waals surface area contributed by atoms with Gasteiger partial charge in [0.25, 0.3) is 0 Å². The highest BCUT2D eigenvalue weighted by molar-refractivity contribution is 7.21. The molecule has 0 atom stereocenters. The van der Waals surface area contributed by atoms with Crippen molar-refractivity contribution in [2.45, 2.75) is 44.9 Å². The highest BCUT2D eigenvalue weighted by Gasteiger charge is 2.51. The third-order valence-electron chi connectivity index (χ3n) is 7.48. The number of thiazole rings is 1. The maximum absolute atomic E-state index is 13.1. The average molecular weight is 437 g/mol. The van der Waals surface area contributed by atoms with Gasteiger partial charge in [-0.1, -0.05) is 29.8 Å². The van der Waals surface area contributed by atoms with Crippen molar-refractivity contribution in [3.05, 3.63) is 47.5 Å². The van der Waals surface area contributed by atoms with Crippen molar-refractivity contribution >= 4 is 44.7 Å². The molecule has 0 saturated heterocycles. The number of amides is 1. The zero-order valence-corrected chi connectivity index (χ0v) is 18.4. The standard InChI is InChI=1S/C25H25ClN2OS/c26-19-6-5-18(24-28-20-3-1-2-4-22(20)30-24)10-21(19)27-23(29)14-25-11-15-7-16(12-25)9-17(8-15)13-25/h1-6,10,15-17H,7-9,11-14H2,(H,27,29). The molecule has 154 valence electrons. The van der Waals surface area contributed by atoms with Gasteiger partial charge in [-0.25, -0.2) is 4.98 Å². The normalized spacial score (nSPS) is 29.4. The number of carbonyl (C=O) groups excluding carboxylic acids is 1. The van der Waals surface area contributed by atoms with E-state index in [9.17, 15) is 4.79 Å². The molecule has 3 nitrogen and oxygen atoms in total. The summed E-state index contributed by atoms with van der Waals surface area (Å²) in [4.78, 5) is 17.8. The van der Waals surface area contributed by atoms with Crippen LogP contribution in [0.3, 0.4) is 0 Å². The third-order valence-corrected chi connectivity index (χ3v) is 8.90. The summed E-state index contributed by atoms with van der Waals surface area (Å²) in [5.74, 6) is 2.68. The Morgan fingerprint density at radius 2 is 1.77 bits per heavy atom. The number of hydrogen-bond acceptors (Lipinski definition) is 3. The van der Waals surface area contributed by atoms with Gasteiger partial charge in [-0.15, -0.1) is 11.3 Å². The Kier molecular flexibility index (Phi) is 4.43. The summed E-state index contributed by atoms with van der Waals surface area (Å²) in [6.07, 6.45) is 8.56. The molecule has 1 heterocycles. The first kappa shape index (κ1) is 18.8. The van der Waals surface area contributed by atoms with E-state index in [0.29, 0.717) is 17.1 Å². The lowest BCUT2D eigenvalue weighted by Gasteiger charge is -2.56.